The van der Waals surface area contributed by atoms with Crippen LogP contribution in [0.15, 0.2) is 24.3 Å². The zero-order valence-electron chi connectivity index (χ0n) is 18.5. The summed E-state index contributed by atoms with van der Waals surface area (Å²) in [5.74, 6) is 0. The molecule has 0 saturated heterocycles. The van der Waals surface area contributed by atoms with Crippen LogP contribution in [0.1, 0.15) is 115 Å². The molecule has 0 radical (unpaired) electrons. The first-order valence-electron chi connectivity index (χ1n) is 12.1. The van der Waals surface area contributed by atoms with Gasteiger partial charge in [0.15, 0.2) is 0 Å². The third-order valence-electron chi connectivity index (χ3n) is 5.57. The molecule has 0 aliphatic rings. The van der Waals surface area contributed by atoms with Gasteiger partial charge in [0.1, 0.15) is 0 Å². The van der Waals surface area contributed by atoms with Crippen LogP contribution in [-0.4, -0.2) is 6.54 Å². The van der Waals surface area contributed by atoms with Crippen molar-refractivity contribution in [2.45, 2.75) is 116 Å². The van der Waals surface area contributed by atoms with E-state index in [1.807, 2.05) is 0 Å². The molecule has 1 N–H and O–H groups in total. The molecule has 28 heavy (non-hydrogen) atoms. The lowest BCUT2D eigenvalue weighted by Crippen LogP contribution is -2.01. The number of rotatable bonds is 19. The Morgan fingerprint density at radius 3 is 1.68 bits per heavy atom. The SMILES string of the molecule is CCCCCCCCCCCCCCCCNc1ccc(CCCC#N)cc1. The van der Waals surface area contributed by atoms with Gasteiger partial charge in [0.05, 0.1) is 6.07 Å². The van der Waals surface area contributed by atoms with E-state index in [1.54, 1.807) is 0 Å². The standard InChI is InChI=1S/C26H44N2/c1-2-3-4-5-6-7-8-9-10-11-12-13-14-17-24-28-26-21-19-25(20-22-26)18-15-16-23-27/h19-22,28H,2-18,24H2,1H3. The number of anilines is 1. The Bertz CT molecular complexity index is 486. The maximum Gasteiger partial charge on any atom is 0.0621 e. The molecular weight excluding hydrogens is 340 g/mol. The van der Waals surface area contributed by atoms with Gasteiger partial charge in [0.25, 0.3) is 0 Å². The smallest absolute Gasteiger partial charge is 0.0621 e. The topological polar surface area (TPSA) is 35.8 Å². The summed E-state index contributed by atoms with van der Waals surface area (Å²) in [6.45, 7) is 3.36. The fraction of sp³-hybridized carbons (Fsp3) is 0.731. The van der Waals surface area contributed by atoms with Gasteiger partial charge in [-0.25, -0.2) is 0 Å². The van der Waals surface area contributed by atoms with Gasteiger partial charge in [0.2, 0.25) is 0 Å². The molecule has 0 atom stereocenters. The third-order valence-corrected chi connectivity index (χ3v) is 5.57. The molecule has 0 heterocycles. The molecule has 0 aliphatic carbocycles. The summed E-state index contributed by atoms with van der Waals surface area (Å²) in [5, 5.41) is 12.1. The zero-order valence-corrected chi connectivity index (χ0v) is 18.5. The van der Waals surface area contributed by atoms with E-state index in [0.29, 0.717) is 6.42 Å². The molecule has 0 aliphatic heterocycles. The molecule has 0 fully saturated rings. The van der Waals surface area contributed by atoms with Crippen LogP contribution in [0.3, 0.4) is 0 Å². The molecule has 0 saturated carbocycles. The van der Waals surface area contributed by atoms with E-state index in [0.717, 1.165) is 19.4 Å². The van der Waals surface area contributed by atoms with Crippen LogP contribution in [0, 0.1) is 11.3 Å². The summed E-state index contributed by atoms with van der Waals surface area (Å²) in [4.78, 5) is 0. The summed E-state index contributed by atoms with van der Waals surface area (Å²) in [5.41, 5.74) is 2.55. The molecule has 2 nitrogen and oxygen atoms in total. The van der Waals surface area contributed by atoms with Crippen LogP contribution >= 0.6 is 0 Å². The quantitative estimate of drug-likeness (QED) is 0.243. The van der Waals surface area contributed by atoms with Crippen LogP contribution < -0.4 is 5.32 Å². The first kappa shape index (κ1) is 24.5. The second-order valence-corrected chi connectivity index (χ2v) is 8.23. The van der Waals surface area contributed by atoms with Crippen molar-refractivity contribution in [3.63, 3.8) is 0 Å². The maximum atomic E-state index is 8.59. The summed E-state index contributed by atoms with van der Waals surface area (Å²) in [7, 11) is 0. The Hall–Kier alpha value is -1.49. The number of nitrogens with one attached hydrogen (secondary N) is 1. The summed E-state index contributed by atoms with van der Waals surface area (Å²) in [6, 6.07) is 10.9. The van der Waals surface area contributed by atoms with Gasteiger partial charge in [-0.05, 0) is 37.0 Å². The number of hydrogen-bond acceptors (Lipinski definition) is 2. The number of nitrogens with zero attached hydrogens (tertiary/aromatic N) is 1. The Morgan fingerprint density at radius 2 is 1.18 bits per heavy atom. The molecule has 1 aromatic rings. The average Bonchev–Trinajstić information content (AvgIpc) is 2.72. The van der Waals surface area contributed by atoms with E-state index in [1.165, 1.54) is 101 Å². The minimum Gasteiger partial charge on any atom is -0.385 e. The predicted octanol–water partition coefficient (Wildman–Crippen LogP) is 8.43. The number of aryl methyl sites for hydroxylation is 1. The highest BCUT2D eigenvalue weighted by molar-refractivity contribution is 5.44. The summed E-state index contributed by atoms with van der Waals surface area (Å²) in [6.07, 6.45) is 22.4. The number of nitriles is 1. The number of hydrogen-bond donors (Lipinski definition) is 1. The van der Waals surface area contributed by atoms with E-state index in [4.69, 9.17) is 5.26 Å². The minimum absolute atomic E-state index is 0.652. The van der Waals surface area contributed by atoms with Crippen molar-refractivity contribution in [1.82, 2.24) is 0 Å². The molecule has 1 aromatic carbocycles. The molecule has 158 valence electrons. The van der Waals surface area contributed by atoms with Crippen molar-refractivity contribution in [3.8, 4) is 6.07 Å². The van der Waals surface area contributed by atoms with E-state index < -0.39 is 0 Å². The van der Waals surface area contributed by atoms with Gasteiger partial charge in [-0.3, -0.25) is 0 Å². The molecule has 0 aromatic heterocycles. The molecule has 0 unspecified atom stereocenters. The monoisotopic (exact) mass is 384 g/mol. The van der Waals surface area contributed by atoms with Crippen molar-refractivity contribution in [2.24, 2.45) is 0 Å². The Morgan fingerprint density at radius 1 is 0.679 bits per heavy atom. The molecular formula is C26H44N2. The zero-order chi connectivity index (χ0) is 20.1. The van der Waals surface area contributed by atoms with Crippen LogP contribution in [0.4, 0.5) is 5.69 Å². The van der Waals surface area contributed by atoms with Gasteiger partial charge in [0, 0.05) is 18.7 Å². The fourth-order valence-electron chi connectivity index (χ4n) is 3.71. The molecule has 1 rings (SSSR count). The summed E-state index contributed by atoms with van der Waals surface area (Å²) < 4.78 is 0. The van der Waals surface area contributed by atoms with Crippen molar-refractivity contribution in [3.05, 3.63) is 29.8 Å². The van der Waals surface area contributed by atoms with Gasteiger partial charge < -0.3 is 5.32 Å². The highest BCUT2D eigenvalue weighted by Gasteiger charge is 1.97. The Balaban J connectivity index is 1.84. The van der Waals surface area contributed by atoms with Crippen LogP contribution in [-0.2, 0) is 6.42 Å². The van der Waals surface area contributed by atoms with Crippen molar-refractivity contribution >= 4 is 5.69 Å². The van der Waals surface area contributed by atoms with E-state index in [-0.39, 0.29) is 0 Å². The third kappa shape index (κ3) is 14.6. The second kappa shape index (κ2) is 18.9. The highest BCUT2D eigenvalue weighted by Crippen LogP contribution is 2.14. The Kier molecular flexibility index (Phi) is 16.5. The van der Waals surface area contributed by atoms with Gasteiger partial charge in [-0.2, -0.15) is 5.26 Å². The van der Waals surface area contributed by atoms with E-state index in [2.05, 4.69) is 42.6 Å². The van der Waals surface area contributed by atoms with Gasteiger partial charge in [-0.15, -0.1) is 0 Å². The number of unbranched alkanes of at least 4 members (excludes halogenated alkanes) is 14. The van der Waals surface area contributed by atoms with E-state index in [9.17, 15) is 0 Å². The normalized spacial score (nSPS) is 10.7. The lowest BCUT2D eigenvalue weighted by molar-refractivity contribution is 0.537. The van der Waals surface area contributed by atoms with Crippen molar-refractivity contribution in [1.29, 1.82) is 5.26 Å². The molecule has 0 amide bonds. The van der Waals surface area contributed by atoms with Crippen molar-refractivity contribution < 1.29 is 0 Å². The second-order valence-electron chi connectivity index (χ2n) is 8.23. The van der Waals surface area contributed by atoms with Crippen LogP contribution in [0.2, 0.25) is 0 Å². The molecule has 2 heteroatoms. The summed E-state index contributed by atoms with van der Waals surface area (Å²) >= 11 is 0. The highest BCUT2D eigenvalue weighted by atomic mass is 14.9. The molecule has 0 bridgehead atoms. The first-order valence-corrected chi connectivity index (χ1v) is 12.1. The van der Waals surface area contributed by atoms with E-state index >= 15 is 0 Å². The lowest BCUT2D eigenvalue weighted by Gasteiger charge is -2.07. The number of benzene rings is 1. The Labute approximate surface area is 175 Å². The van der Waals surface area contributed by atoms with Gasteiger partial charge in [-0.1, -0.05) is 103 Å². The minimum atomic E-state index is 0.652. The fourth-order valence-corrected chi connectivity index (χ4v) is 3.71. The lowest BCUT2D eigenvalue weighted by atomic mass is 10.0. The maximum absolute atomic E-state index is 8.59. The van der Waals surface area contributed by atoms with Crippen LogP contribution in [0.5, 0.6) is 0 Å². The van der Waals surface area contributed by atoms with Gasteiger partial charge >= 0.3 is 0 Å². The average molecular weight is 385 g/mol. The predicted molar refractivity (Wildman–Crippen MR) is 124 cm³/mol. The first-order chi connectivity index (χ1) is 13.9. The largest absolute Gasteiger partial charge is 0.385 e. The van der Waals surface area contributed by atoms with Crippen LogP contribution in [0.25, 0.3) is 0 Å². The molecule has 0 spiro atoms. The van der Waals surface area contributed by atoms with Crippen molar-refractivity contribution in [2.75, 3.05) is 11.9 Å².